The van der Waals surface area contributed by atoms with Crippen LogP contribution in [0.3, 0.4) is 0 Å². The molecular formula is C13H14FN3O2S. The topological polar surface area (TPSA) is 85.1 Å². The molecule has 1 heterocycles. The molecule has 2 aromatic rings. The van der Waals surface area contributed by atoms with Crippen LogP contribution in [-0.2, 0) is 16.6 Å². The zero-order valence-corrected chi connectivity index (χ0v) is 11.6. The van der Waals surface area contributed by atoms with Crippen molar-refractivity contribution >= 4 is 15.7 Å². The predicted octanol–water partition coefficient (Wildman–Crippen LogP) is 1.59. The fourth-order valence-electron chi connectivity index (χ4n) is 1.71. The minimum atomic E-state index is -3.83. The molecule has 5 nitrogen and oxygen atoms in total. The molecule has 1 aromatic carbocycles. The molecule has 0 bridgehead atoms. The van der Waals surface area contributed by atoms with Gasteiger partial charge in [-0.2, -0.15) is 0 Å². The number of pyridine rings is 1. The molecule has 0 aliphatic carbocycles. The highest BCUT2D eigenvalue weighted by atomic mass is 32.2. The van der Waals surface area contributed by atoms with Gasteiger partial charge in [-0.3, -0.25) is 4.98 Å². The average Bonchev–Trinajstić information content (AvgIpc) is 2.42. The Labute approximate surface area is 116 Å². The van der Waals surface area contributed by atoms with E-state index in [0.717, 1.165) is 6.07 Å². The number of nitrogens with two attached hydrogens (primary N) is 1. The number of benzene rings is 1. The third-order valence-corrected chi connectivity index (χ3v) is 4.33. The Morgan fingerprint density at radius 3 is 2.80 bits per heavy atom. The van der Waals surface area contributed by atoms with E-state index in [2.05, 4.69) is 9.71 Å². The van der Waals surface area contributed by atoms with E-state index < -0.39 is 15.8 Å². The molecule has 0 saturated heterocycles. The summed E-state index contributed by atoms with van der Waals surface area (Å²) in [5, 5.41) is 0. The third-order valence-electron chi connectivity index (χ3n) is 2.80. The molecule has 0 unspecified atom stereocenters. The molecule has 0 amide bonds. The molecule has 0 fully saturated rings. The highest BCUT2D eigenvalue weighted by molar-refractivity contribution is 7.89. The van der Waals surface area contributed by atoms with Gasteiger partial charge in [-0.25, -0.2) is 17.5 Å². The quantitative estimate of drug-likeness (QED) is 0.839. The largest absolute Gasteiger partial charge is 0.399 e. The minimum absolute atomic E-state index is 0.0397. The number of anilines is 1. The zero-order valence-electron chi connectivity index (χ0n) is 10.8. The van der Waals surface area contributed by atoms with E-state index in [0.29, 0.717) is 5.56 Å². The molecule has 7 heteroatoms. The molecular weight excluding hydrogens is 281 g/mol. The second-order valence-corrected chi connectivity index (χ2v) is 6.05. The summed E-state index contributed by atoms with van der Waals surface area (Å²) < 4.78 is 40.3. The van der Waals surface area contributed by atoms with Crippen molar-refractivity contribution in [1.29, 1.82) is 0 Å². The van der Waals surface area contributed by atoms with Gasteiger partial charge in [0.2, 0.25) is 10.0 Å². The highest BCUT2D eigenvalue weighted by Crippen LogP contribution is 2.21. The van der Waals surface area contributed by atoms with Gasteiger partial charge < -0.3 is 5.73 Å². The Hall–Kier alpha value is -1.99. The second-order valence-electron chi connectivity index (χ2n) is 4.31. The average molecular weight is 295 g/mol. The fraction of sp³-hybridized carbons (Fsp3) is 0.154. The molecule has 0 aliphatic heterocycles. The van der Waals surface area contributed by atoms with Gasteiger partial charge in [0.1, 0.15) is 5.82 Å². The summed E-state index contributed by atoms with van der Waals surface area (Å²) in [4.78, 5) is 3.74. The van der Waals surface area contributed by atoms with Crippen molar-refractivity contribution in [3.05, 3.63) is 53.6 Å². The summed E-state index contributed by atoms with van der Waals surface area (Å²) >= 11 is 0. The number of rotatable bonds is 4. The number of sulfonamides is 1. The monoisotopic (exact) mass is 295 g/mol. The lowest BCUT2D eigenvalue weighted by Gasteiger charge is -2.10. The molecule has 0 saturated carbocycles. The minimum Gasteiger partial charge on any atom is -0.399 e. The van der Waals surface area contributed by atoms with E-state index in [4.69, 9.17) is 5.73 Å². The van der Waals surface area contributed by atoms with E-state index in [1.54, 1.807) is 24.5 Å². The molecule has 1 aromatic heterocycles. The molecule has 106 valence electrons. The summed E-state index contributed by atoms with van der Waals surface area (Å²) in [5.41, 5.74) is 6.30. The van der Waals surface area contributed by atoms with Crippen molar-refractivity contribution in [1.82, 2.24) is 9.71 Å². The Morgan fingerprint density at radius 1 is 1.40 bits per heavy atom. The summed E-state index contributed by atoms with van der Waals surface area (Å²) in [5.74, 6) is -0.647. The molecule has 3 N–H and O–H groups in total. The van der Waals surface area contributed by atoms with E-state index >= 15 is 0 Å². The number of hydrogen-bond acceptors (Lipinski definition) is 4. The van der Waals surface area contributed by atoms with Crippen LogP contribution in [0.15, 0.2) is 41.6 Å². The SMILES string of the molecule is Cc1c(F)cc(N)cc1S(=O)(=O)NCc1cccnc1. The maximum atomic E-state index is 13.6. The molecule has 2 rings (SSSR count). The van der Waals surface area contributed by atoms with E-state index in [1.807, 2.05) is 0 Å². The normalized spacial score (nSPS) is 11.5. The van der Waals surface area contributed by atoms with Gasteiger partial charge in [-0.05, 0) is 30.7 Å². The van der Waals surface area contributed by atoms with Crippen LogP contribution in [0.1, 0.15) is 11.1 Å². The van der Waals surface area contributed by atoms with Crippen molar-refractivity contribution in [3.63, 3.8) is 0 Å². The van der Waals surface area contributed by atoms with Crippen molar-refractivity contribution in [2.75, 3.05) is 5.73 Å². The van der Waals surface area contributed by atoms with Crippen molar-refractivity contribution in [2.24, 2.45) is 0 Å². The number of nitrogen functional groups attached to an aromatic ring is 1. The first-order valence-electron chi connectivity index (χ1n) is 5.84. The zero-order chi connectivity index (χ0) is 14.8. The first kappa shape index (κ1) is 14.4. The van der Waals surface area contributed by atoms with Gasteiger partial charge in [0.15, 0.2) is 0 Å². The van der Waals surface area contributed by atoms with Gasteiger partial charge >= 0.3 is 0 Å². The lowest BCUT2D eigenvalue weighted by atomic mass is 10.2. The lowest BCUT2D eigenvalue weighted by Crippen LogP contribution is -2.24. The Kier molecular flexibility index (Phi) is 4.01. The van der Waals surface area contributed by atoms with Gasteiger partial charge in [-0.15, -0.1) is 0 Å². The predicted molar refractivity (Wildman–Crippen MR) is 73.8 cm³/mol. The number of hydrogen-bond donors (Lipinski definition) is 2. The lowest BCUT2D eigenvalue weighted by molar-refractivity contribution is 0.574. The second kappa shape index (κ2) is 5.56. The van der Waals surface area contributed by atoms with Crippen LogP contribution in [0, 0.1) is 12.7 Å². The molecule has 0 spiro atoms. The van der Waals surface area contributed by atoms with Crippen molar-refractivity contribution < 1.29 is 12.8 Å². The molecule has 0 atom stereocenters. The van der Waals surface area contributed by atoms with Crippen LogP contribution in [0.5, 0.6) is 0 Å². The van der Waals surface area contributed by atoms with Crippen LogP contribution >= 0.6 is 0 Å². The van der Waals surface area contributed by atoms with Gasteiger partial charge in [0, 0.05) is 30.2 Å². The number of nitrogens with one attached hydrogen (secondary N) is 1. The summed E-state index contributed by atoms with van der Waals surface area (Å²) in [6, 6.07) is 5.77. The molecule has 20 heavy (non-hydrogen) atoms. The smallest absolute Gasteiger partial charge is 0.241 e. The van der Waals surface area contributed by atoms with Gasteiger partial charge in [-0.1, -0.05) is 6.07 Å². The Bertz CT molecular complexity index is 718. The van der Waals surface area contributed by atoms with E-state index in [1.165, 1.54) is 13.0 Å². The van der Waals surface area contributed by atoms with Gasteiger partial charge in [0.25, 0.3) is 0 Å². The van der Waals surface area contributed by atoms with Gasteiger partial charge in [0.05, 0.1) is 4.90 Å². The number of nitrogens with zero attached hydrogens (tertiary/aromatic N) is 1. The van der Waals surface area contributed by atoms with Crippen LogP contribution < -0.4 is 10.5 Å². The van der Waals surface area contributed by atoms with E-state index in [9.17, 15) is 12.8 Å². The summed E-state index contributed by atoms with van der Waals surface area (Å²) in [7, 11) is -3.83. The first-order chi connectivity index (χ1) is 9.40. The Morgan fingerprint density at radius 2 is 2.15 bits per heavy atom. The van der Waals surface area contributed by atoms with Crippen molar-refractivity contribution in [3.8, 4) is 0 Å². The third kappa shape index (κ3) is 3.12. The fourth-order valence-corrected chi connectivity index (χ4v) is 3.02. The summed E-state index contributed by atoms with van der Waals surface area (Å²) in [6.07, 6.45) is 3.14. The van der Waals surface area contributed by atoms with Crippen LogP contribution in [0.4, 0.5) is 10.1 Å². The Balaban J connectivity index is 2.27. The standard InChI is InChI=1S/C13H14FN3O2S/c1-9-12(14)5-11(15)6-13(9)20(18,19)17-8-10-3-2-4-16-7-10/h2-7,17H,8,15H2,1H3. The van der Waals surface area contributed by atoms with Crippen LogP contribution in [0.2, 0.25) is 0 Å². The molecule has 0 aliphatic rings. The highest BCUT2D eigenvalue weighted by Gasteiger charge is 2.19. The maximum absolute atomic E-state index is 13.6. The first-order valence-corrected chi connectivity index (χ1v) is 7.32. The number of halogens is 1. The maximum Gasteiger partial charge on any atom is 0.241 e. The number of aromatic nitrogens is 1. The van der Waals surface area contributed by atoms with Crippen molar-refractivity contribution in [2.45, 2.75) is 18.4 Å². The molecule has 0 radical (unpaired) electrons. The summed E-state index contributed by atoms with van der Waals surface area (Å²) in [6.45, 7) is 1.47. The van der Waals surface area contributed by atoms with Crippen LogP contribution in [-0.4, -0.2) is 13.4 Å². The van der Waals surface area contributed by atoms with E-state index in [-0.39, 0.29) is 22.7 Å². The van der Waals surface area contributed by atoms with Crippen LogP contribution in [0.25, 0.3) is 0 Å².